The van der Waals surface area contributed by atoms with E-state index in [0.29, 0.717) is 11.0 Å². The van der Waals surface area contributed by atoms with Gasteiger partial charge in [-0.05, 0) is 52.0 Å². The Bertz CT molecular complexity index is 1070. The monoisotopic (exact) mass is 537 g/mol. The highest BCUT2D eigenvalue weighted by molar-refractivity contribution is 9.10. The van der Waals surface area contributed by atoms with Crippen LogP contribution in [-0.2, 0) is 32.3 Å². The van der Waals surface area contributed by atoms with Gasteiger partial charge in [0.1, 0.15) is 17.3 Å². The normalized spacial score (nSPS) is 16.6. The average molecular weight is 538 g/mol. The number of esters is 1. The topological polar surface area (TPSA) is 88.6 Å². The molecule has 0 bridgehead atoms. The van der Waals surface area contributed by atoms with Crippen molar-refractivity contribution in [2.75, 3.05) is 0 Å². The Morgan fingerprint density at radius 3 is 2.76 bits per heavy atom. The van der Waals surface area contributed by atoms with Gasteiger partial charge in [0.05, 0.1) is 0 Å². The van der Waals surface area contributed by atoms with Gasteiger partial charge in [-0.2, -0.15) is 0 Å². The molecule has 1 saturated heterocycles. The molecule has 3 rings (SSSR count). The summed E-state index contributed by atoms with van der Waals surface area (Å²) < 4.78 is 33.6. The Hall–Kier alpha value is -2.88. The van der Waals surface area contributed by atoms with E-state index in [0.717, 1.165) is 11.6 Å². The Balaban J connectivity index is 1.60. The maximum atomic E-state index is 14.1. The molecule has 0 saturated carbocycles. The summed E-state index contributed by atoms with van der Waals surface area (Å²) in [7, 11) is 0. The molecule has 7 nitrogen and oxygen atoms in total. The second-order valence-electron chi connectivity index (χ2n) is 8.51. The lowest BCUT2D eigenvalue weighted by atomic mass is 10.0. The van der Waals surface area contributed by atoms with E-state index < -0.39 is 35.6 Å². The first-order chi connectivity index (χ1) is 16.2. The fourth-order valence-electron chi connectivity index (χ4n) is 3.80. The van der Waals surface area contributed by atoms with Crippen LogP contribution in [0.1, 0.15) is 44.2 Å². The zero-order valence-corrected chi connectivity index (χ0v) is 20.5. The van der Waals surface area contributed by atoms with Crippen LogP contribution in [0.4, 0.5) is 8.78 Å². The molecule has 1 aromatic carbocycles. The molecule has 0 unspecified atom stereocenters. The van der Waals surface area contributed by atoms with Crippen LogP contribution in [0.2, 0.25) is 0 Å². The Kier molecular flexibility index (Phi) is 8.71. The molecule has 0 aliphatic carbocycles. The lowest BCUT2D eigenvalue weighted by Crippen LogP contribution is -2.47. The van der Waals surface area contributed by atoms with Gasteiger partial charge in [0.15, 0.2) is 11.6 Å². The minimum atomic E-state index is -1.01. The van der Waals surface area contributed by atoms with Crippen molar-refractivity contribution in [3.63, 3.8) is 0 Å². The summed E-state index contributed by atoms with van der Waals surface area (Å²) >= 11 is 3.26. The van der Waals surface area contributed by atoms with Crippen molar-refractivity contribution in [1.29, 1.82) is 0 Å². The molecule has 2 atom stereocenters. The van der Waals surface area contributed by atoms with Crippen LogP contribution in [0.3, 0.4) is 0 Å². The van der Waals surface area contributed by atoms with Gasteiger partial charge in [0, 0.05) is 37.2 Å². The lowest BCUT2D eigenvalue weighted by molar-refractivity contribution is -0.150. The third-order valence-electron chi connectivity index (χ3n) is 5.65. The maximum absolute atomic E-state index is 14.1. The molecule has 0 spiro atoms. The number of amides is 2. The number of aromatic nitrogens is 1. The number of hydrogen-bond donors (Lipinski definition) is 1. The number of halogens is 3. The van der Waals surface area contributed by atoms with Crippen LogP contribution in [0.5, 0.6) is 0 Å². The summed E-state index contributed by atoms with van der Waals surface area (Å²) in [6.07, 6.45) is 2.15. The van der Waals surface area contributed by atoms with E-state index in [9.17, 15) is 23.2 Å². The molecule has 2 aromatic rings. The number of carbonyl (C=O) groups is 3. The van der Waals surface area contributed by atoms with Gasteiger partial charge in [-0.15, -0.1) is 0 Å². The van der Waals surface area contributed by atoms with Crippen molar-refractivity contribution in [3.05, 3.63) is 63.9 Å². The van der Waals surface area contributed by atoms with Gasteiger partial charge in [-0.1, -0.05) is 26.0 Å². The van der Waals surface area contributed by atoms with Gasteiger partial charge >= 0.3 is 5.97 Å². The van der Waals surface area contributed by atoms with Crippen molar-refractivity contribution in [1.82, 2.24) is 15.2 Å². The smallest absolute Gasteiger partial charge is 0.329 e. The molecule has 1 N–H and O–H groups in total. The Labute approximate surface area is 205 Å². The van der Waals surface area contributed by atoms with E-state index in [1.54, 1.807) is 32.2 Å². The van der Waals surface area contributed by atoms with Crippen LogP contribution in [-0.4, -0.2) is 39.8 Å². The highest BCUT2D eigenvalue weighted by Gasteiger charge is 2.34. The SMILES string of the molecule is CC(C)[C@H](NC(=O)C[C@@H]1CCC(=O)N1Cc1cccc(F)c1F)C(=O)OCc1ccnc(Br)c1. The first-order valence-corrected chi connectivity index (χ1v) is 11.7. The van der Waals surface area contributed by atoms with E-state index >= 15 is 0 Å². The molecule has 2 amide bonds. The van der Waals surface area contributed by atoms with Gasteiger partial charge in [-0.25, -0.2) is 18.6 Å². The van der Waals surface area contributed by atoms with Crippen LogP contribution in [0, 0.1) is 17.6 Å². The molecular formula is C24H26BrF2N3O4. The first-order valence-electron chi connectivity index (χ1n) is 10.9. The number of nitrogens with one attached hydrogen (secondary N) is 1. The molecular weight excluding hydrogens is 512 g/mol. The largest absolute Gasteiger partial charge is 0.459 e. The molecule has 10 heteroatoms. The molecule has 1 fully saturated rings. The summed E-state index contributed by atoms with van der Waals surface area (Å²) in [5.74, 6) is -3.46. The summed E-state index contributed by atoms with van der Waals surface area (Å²) in [6, 6.07) is 5.88. The first kappa shape index (κ1) is 25.7. The lowest BCUT2D eigenvalue weighted by Gasteiger charge is -2.26. The third-order valence-corrected chi connectivity index (χ3v) is 6.09. The van der Waals surface area contributed by atoms with Gasteiger partial charge in [-0.3, -0.25) is 9.59 Å². The summed E-state index contributed by atoms with van der Waals surface area (Å²) in [5, 5.41) is 2.70. The third kappa shape index (κ3) is 6.59. The van der Waals surface area contributed by atoms with E-state index in [1.165, 1.54) is 17.0 Å². The number of ether oxygens (including phenoxy) is 1. The van der Waals surface area contributed by atoms with Crippen LogP contribution >= 0.6 is 15.9 Å². The summed E-state index contributed by atoms with van der Waals surface area (Å²) in [4.78, 5) is 43.1. The van der Waals surface area contributed by atoms with Crippen LogP contribution < -0.4 is 5.32 Å². The van der Waals surface area contributed by atoms with Crippen LogP contribution in [0.25, 0.3) is 0 Å². The van der Waals surface area contributed by atoms with Crippen molar-refractivity contribution >= 4 is 33.7 Å². The number of carbonyl (C=O) groups excluding carboxylic acids is 3. The van der Waals surface area contributed by atoms with Gasteiger partial charge in [0.25, 0.3) is 0 Å². The zero-order valence-electron chi connectivity index (χ0n) is 18.9. The minimum absolute atomic E-state index is 0.0309. The second-order valence-corrected chi connectivity index (χ2v) is 9.33. The van der Waals surface area contributed by atoms with Crippen molar-refractivity contribution in [2.24, 2.45) is 5.92 Å². The van der Waals surface area contributed by atoms with Gasteiger partial charge in [0.2, 0.25) is 11.8 Å². The quantitative estimate of drug-likeness (QED) is 0.387. The predicted octanol–water partition coefficient (Wildman–Crippen LogP) is 3.89. The fourth-order valence-corrected chi connectivity index (χ4v) is 4.21. The minimum Gasteiger partial charge on any atom is -0.459 e. The van der Waals surface area contributed by atoms with E-state index in [4.69, 9.17) is 4.74 Å². The highest BCUT2D eigenvalue weighted by atomic mass is 79.9. The molecule has 1 aliphatic heterocycles. The van der Waals surface area contributed by atoms with Gasteiger partial charge < -0.3 is 15.0 Å². The number of rotatable bonds is 9. The maximum Gasteiger partial charge on any atom is 0.329 e. The van der Waals surface area contributed by atoms with E-state index in [-0.39, 0.29) is 43.4 Å². The predicted molar refractivity (Wildman–Crippen MR) is 123 cm³/mol. The van der Waals surface area contributed by atoms with Crippen molar-refractivity contribution < 1.29 is 27.9 Å². The van der Waals surface area contributed by atoms with Crippen molar-refractivity contribution in [2.45, 2.75) is 58.3 Å². The standard InChI is InChI=1S/C24H26BrF2N3O4/c1-14(2)23(24(33)34-13-15-8-9-28-19(25)10-15)29-20(31)11-17-6-7-21(32)30(17)12-16-4-3-5-18(26)22(16)27/h3-5,8-10,14,17,23H,6-7,11-13H2,1-2H3,(H,29,31)/t17-,23-/m0/s1. The number of hydrogen-bond acceptors (Lipinski definition) is 5. The number of benzene rings is 1. The molecule has 1 aliphatic rings. The molecule has 182 valence electrons. The fraction of sp³-hybridized carbons (Fsp3) is 0.417. The molecule has 2 heterocycles. The van der Waals surface area contributed by atoms with E-state index in [2.05, 4.69) is 26.2 Å². The Morgan fingerprint density at radius 2 is 2.06 bits per heavy atom. The number of likely N-dealkylation sites (tertiary alicyclic amines) is 1. The Morgan fingerprint density at radius 1 is 1.29 bits per heavy atom. The summed E-state index contributed by atoms with van der Waals surface area (Å²) in [5.41, 5.74) is 0.792. The number of pyridine rings is 1. The zero-order chi connectivity index (χ0) is 24.8. The second kappa shape index (κ2) is 11.5. The molecule has 34 heavy (non-hydrogen) atoms. The highest BCUT2D eigenvalue weighted by Crippen LogP contribution is 2.25. The van der Waals surface area contributed by atoms with Crippen LogP contribution in [0.15, 0.2) is 41.1 Å². The van der Waals surface area contributed by atoms with E-state index in [1.807, 2.05) is 0 Å². The summed E-state index contributed by atoms with van der Waals surface area (Å²) in [6.45, 7) is 3.47. The van der Waals surface area contributed by atoms with Crippen molar-refractivity contribution in [3.8, 4) is 0 Å². The molecule has 1 aromatic heterocycles. The molecule has 0 radical (unpaired) electrons. The number of nitrogens with zero attached hydrogens (tertiary/aromatic N) is 2. The average Bonchev–Trinajstić information content (AvgIpc) is 3.12.